The average molecular weight is 274 g/mol. The minimum atomic E-state index is -3.64. The molecule has 0 fully saturated rings. The second-order valence-corrected chi connectivity index (χ2v) is 5.16. The Balaban J connectivity index is 2.23. The van der Waals surface area contributed by atoms with Crippen molar-refractivity contribution in [2.24, 2.45) is 0 Å². The van der Waals surface area contributed by atoms with Crippen LogP contribution in [-0.4, -0.2) is 42.0 Å². The fourth-order valence-electron chi connectivity index (χ4n) is 1.23. The third-order valence-electron chi connectivity index (χ3n) is 2.14. The van der Waals surface area contributed by atoms with Crippen LogP contribution in [0.25, 0.3) is 0 Å². The predicted octanol–water partition coefficient (Wildman–Crippen LogP) is 1.45. The Bertz CT molecular complexity index is 415. The highest BCUT2D eigenvalue weighted by Crippen LogP contribution is 2.11. The molecular formula is C12H18O5S. The molecule has 6 heteroatoms. The molecule has 1 aromatic carbocycles. The van der Waals surface area contributed by atoms with E-state index < -0.39 is 10.1 Å². The van der Waals surface area contributed by atoms with Crippen molar-refractivity contribution in [3.63, 3.8) is 0 Å². The SMILES string of the molecule is COCCOCCCOS(=O)(=O)c1ccccc1. The summed E-state index contributed by atoms with van der Waals surface area (Å²) in [5.74, 6) is 0. The minimum absolute atomic E-state index is 0.115. The fraction of sp³-hybridized carbons (Fsp3) is 0.500. The Labute approximate surface area is 108 Å². The quantitative estimate of drug-likeness (QED) is 0.504. The molecular weight excluding hydrogens is 256 g/mol. The van der Waals surface area contributed by atoms with Gasteiger partial charge >= 0.3 is 0 Å². The summed E-state index contributed by atoms with van der Waals surface area (Å²) in [5.41, 5.74) is 0. The second kappa shape index (κ2) is 8.20. The number of hydrogen-bond acceptors (Lipinski definition) is 5. The first-order valence-electron chi connectivity index (χ1n) is 5.68. The Morgan fingerprint density at radius 1 is 1.00 bits per heavy atom. The first kappa shape index (κ1) is 15.1. The van der Waals surface area contributed by atoms with Gasteiger partial charge in [0, 0.05) is 13.7 Å². The maximum atomic E-state index is 11.7. The van der Waals surface area contributed by atoms with Gasteiger partial charge in [0.1, 0.15) is 0 Å². The molecule has 102 valence electrons. The number of hydrogen-bond donors (Lipinski definition) is 0. The van der Waals surface area contributed by atoms with E-state index in [-0.39, 0.29) is 11.5 Å². The van der Waals surface area contributed by atoms with E-state index in [1.807, 2.05) is 0 Å². The van der Waals surface area contributed by atoms with Crippen molar-refractivity contribution in [3.8, 4) is 0 Å². The maximum absolute atomic E-state index is 11.7. The molecule has 0 radical (unpaired) electrons. The van der Waals surface area contributed by atoms with Crippen LogP contribution < -0.4 is 0 Å². The van der Waals surface area contributed by atoms with Crippen molar-refractivity contribution < 1.29 is 22.1 Å². The molecule has 0 heterocycles. The van der Waals surface area contributed by atoms with Crippen molar-refractivity contribution in [2.45, 2.75) is 11.3 Å². The van der Waals surface area contributed by atoms with Crippen molar-refractivity contribution in [3.05, 3.63) is 30.3 Å². The summed E-state index contributed by atoms with van der Waals surface area (Å²) < 4.78 is 38.3. The Morgan fingerprint density at radius 2 is 1.72 bits per heavy atom. The van der Waals surface area contributed by atoms with E-state index >= 15 is 0 Å². The highest BCUT2D eigenvalue weighted by atomic mass is 32.2. The van der Waals surface area contributed by atoms with Crippen molar-refractivity contribution in [1.29, 1.82) is 0 Å². The average Bonchev–Trinajstić information content (AvgIpc) is 2.39. The molecule has 0 aliphatic carbocycles. The smallest absolute Gasteiger partial charge is 0.296 e. The molecule has 1 rings (SSSR count). The summed E-state index contributed by atoms with van der Waals surface area (Å²) in [6, 6.07) is 8.08. The van der Waals surface area contributed by atoms with Gasteiger partial charge in [-0.05, 0) is 18.6 Å². The Kier molecular flexibility index (Phi) is 6.89. The number of benzene rings is 1. The molecule has 0 saturated carbocycles. The zero-order valence-electron chi connectivity index (χ0n) is 10.4. The van der Waals surface area contributed by atoms with E-state index in [1.54, 1.807) is 25.3 Å². The summed E-state index contributed by atoms with van der Waals surface area (Å²) in [7, 11) is -2.04. The summed E-state index contributed by atoms with van der Waals surface area (Å²) in [6.07, 6.45) is 0.524. The van der Waals surface area contributed by atoms with Gasteiger partial charge in [0.05, 0.1) is 24.7 Å². The molecule has 0 spiro atoms. The molecule has 0 aromatic heterocycles. The van der Waals surface area contributed by atoms with Crippen LogP contribution >= 0.6 is 0 Å². The largest absolute Gasteiger partial charge is 0.382 e. The van der Waals surface area contributed by atoms with Gasteiger partial charge in [0.25, 0.3) is 10.1 Å². The van der Waals surface area contributed by atoms with Crippen molar-refractivity contribution in [1.82, 2.24) is 0 Å². The first-order valence-corrected chi connectivity index (χ1v) is 7.09. The highest BCUT2D eigenvalue weighted by Gasteiger charge is 2.13. The van der Waals surface area contributed by atoms with Crippen LogP contribution in [0.15, 0.2) is 35.2 Å². The Hall–Kier alpha value is -0.950. The van der Waals surface area contributed by atoms with Crippen molar-refractivity contribution >= 4 is 10.1 Å². The lowest BCUT2D eigenvalue weighted by molar-refractivity contribution is 0.0648. The van der Waals surface area contributed by atoms with Gasteiger partial charge in [-0.3, -0.25) is 4.18 Å². The number of rotatable bonds is 9. The van der Waals surface area contributed by atoms with E-state index in [0.29, 0.717) is 26.2 Å². The van der Waals surface area contributed by atoms with Crippen LogP contribution in [0.4, 0.5) is 0 Å². The molecule has 0 saturated heterocycles. The zero-order valence-corrected chi connectivity index (χ0v) is 11.2. The lowest BCUT2D eigenvalue weighted by atomic mass is 10.4. The molecule has 0 amide bonds. The van der Waals surface area contributed by atoms with E-state index in [9.17, 15) is 8.42 Å². The van der Waals surface area contributed by atoms with Gasteiger partial charge in [-0.25, -0.2) is 0 Å². The lowest BCUT2D eigenvalue weighted by Gasteiger charge is -2.06. The molecule has 1 aromatic rings. The number of methoxy groups -OCH3 is 1. The number of ether oxygens (including phenoxy) is 2. The fourth-order valence-corrected chi connectivity index (χ4v) is 2.19. The van der Waals surface area contributed by atoms with Crippen LogP contribution in [0.1, 0.15) is 6.42 Å². The predicted molar refractivity (Wildman–Crippen MR) is 66.9 cm³/mol. The van der Waals surface area contributed by atoms with Crippen LogP contribution in [0, 0.1) is 0 Å². The van der Waals surface area contributed by atoms with Gasteiger partial charge in [-0.1, -0.05) is 18.2 Å². The van der Waals surface area contributed by atoms with Gasteiger partial charge < -0.3 is 9.47 Å². The topological polar surface area (TPSA) is 61.8 Å². The third kappa shape index (κ3) is 5.59. The van der Waals surface area contributed by atoms with Gasteiger partial charge in [-0.2, -0.15) is 8.42 Å². The van der Waals surface area contributed by atoms with Gasteiger partial charge in [0.2, 0.25) is 0 Å². The van der Waals surface area contributed by atoms with Crippen LogP contribution in [0.2, 0.25) is 0 Å². The first-order chi connectivity index (χ1) is 8.67. The van der Waals surface area contributed by atoms with E-state index in [2.05, 4.69) is 0 Å². The molecule has 5 nitrogen and oxygen atoms in total. The highest BCUT2D eigenvalue weighted by molar-refractivity contribution is 7.86. The Morgan fingerprint density at radius 3 is 2.39 bits per heavy atom. The van der Waals surface area contributed by atoms with Crippen LogP contribution in [0.3, 0.4) is 0 Å². The molecule has 0 aliphatic rings. The molecule has 0 bridgehead atoms. The van der Waals surface area contributed by atoms with E-state index in [1.165, 1.54) is 12.1 Å². The molecule has 0 unspecified atom stereocenters. The minimum Gasteiger partial charge on any atom is -0.382 e. The van der Waals surface area contributed by atoms with Crippen LogP contribution in [-0.2, 0) is 23.8 Å². The second-order valence-electron chi connectivity index (χ2n) is 3.55. The monoisotopic (exact) mass is 274 g/mol. The molecule has 0 aliphatic heterocycles. The maximum Gasteiger partial charge on any atom is 0.296 e. The normalized spacial score (nSPS) is 11.6. The summed E-state index contributed by atoms with van der Waals surface area (Å²) >= 11 is 0. The van der Waals surface area contributed by atoms with Crippen molar-refractivity contribution in [2.75, 3.05) is 33.5 Å². The summed E-state index contributed by atoms with van der Waals surface area (Å²) in [6.45, 7) is 1.60. The molecule has 0 atom stereocenters. The summed E-state index contributed by atoms with van der Waals surface area (Å²) in [5, 5.41) is 0. The lowest BCUT2D eigenvalue weighted by Crippen LogP contribution is -2.10. The van der Waals surface area contributed by atoms with E-state index in [4.69, 9.17) is 13.7 Å². The van der Waals surface area contributed by atoms with E-state index in [0.717, 1.165) is 0 Å². The standard InChI is InChI=1S/C12H18O5S/c1-15-10-11-16-8-5-9-17-18(13,14)12-6-3-2-4-7-12/h2-4,6-7H,5,8-11H2,1H3. The summed E-state index contributed by atoms with van der Waals surface area (Å²) in [4.78, 5) is 0.172. The van der Waals surface area contributed by atoms with Gasteiger partial charge in [-0.15, -0.1) is 0 Å². The molecule has 0 N–H and O–H groups in total. The van der Waals surface area contributed by atoms with Crippen LogP contribution in [0.5, 0.6) is 0 Å². The van der Waals surface area contributed by atoms with Gasteiger partial charge in [0.15, 0.2) is 0 Å². The molecule has 18 heavy (non-hydrogen) atoms. The zero-order chi connectivity index (χ0) is 13.3. The third-order valence-corrected chi connectivity index (χ3v) is 3.46.